The molecule has 2 N–H and O–H groups in total. The quantitative estimate of drug-likeness (QED) is 0.389. The van der Waals surface area contributed by atoms with E-state index in [1.54, 1.807) is 62.6 Å². The number of ether oxygens (including phenoxy) is 2. The van der Waals surface area contributed by atoms with Gasteiger partial charge in [0.2, 0.25) is 0 Å². The van der Waals surface area contributed by atoms with Crippen LogP contribution in [0.5, 0.6) is 11.5 Å². The Morgan fingerprint density at radius 1 is 0.848 bits per heavy atom. The van der Waals surface area contributed by atoms with E-state index in [0.717, 1.165) is 5.75 Å². The van der Waals surface area contributed by atoms with Crippen molar-refractivity contribution < 1.29 is 19.1 Å². The first-order chi connectivity index (χ1) is 15.9. The maximum atomic E-state index is 12.7. The van der Waals surface area contributed by atoms with Gasteiger partial charge in [0.25, 0.3) is 11.8 Å². The molecule has 0 saturated carbocycles. The van der Waals surface area contributed by atoms with Crippen LogP contribution in [0.4, 0.5) is 5.69 Å². The highest BCUT2D eigenvalue weighted by Crippen LogP contribution is 2.18. The lowest BCUT2D eigenvalue weighted by molar-refractivity contribution is 0.0827. The first-order valence-electron chi connectivity index (χ1n) is 10.3. The Bertz CT molecular complexity index is 1100. The first kappa shape index (κ1) is 23.7. The molecule has 3 aromatic carbocycles. The molecular formula is C25H25N3O4S. The van der Waals surface area contributed by atoms with Crippen LogP contribution in [0.15, 0.2) is 78.9 Å². The zero-order chi connectivity index (χ0) is 23.6. The lowest BCUT2D eigenvalue weighted by atomic mass is 10.2. The van der Waals surface area contributed by atoms with Crippen LogP contribution in [-0.2, 0) is 0 Å². The van der Waals surface area contributed by atoms with Gasteiger partial charge < -0.3 is 19.7 Å². The maximum absolute atomic E-state index is 12.7. The summed E-state index contributed by atoms with van der Waals surface area (Å²) in [5, 5.41) is 5.73. The second-order valence-electron chi connectivity index (χ2n) is 7.19. The van der Waals surface area contributed by atoms with Gasteiger partial charge in [0.05, 0.1) is 5.56 Å². The van der Waals surface area contributed by atoms with Gasteiger partial charge in [-0.2, -0.15) is 0 Å². The molecule has 33 heavy (non-hydrogen) atoms. The average molecular weight is 464 g/mol. The van der Waals surface area contributed by atoms with Gasteiger partial charge in [-0.15, -0.1) is 0 Å². The molecule has 0 aromatic heterocycles. The van der Waals surface area contributed by atoms with Crippen molar-refractivity contribution in [1.82, 2.24) is 10.2 Å². The van der Waals surface area contributed by atoms with Crippen LogP contribution in [0.3, 0.4) is 0 Å². The summed E-state index contributed by atoms with van der Waals surface area (Å²) in [7, 11) is 3.38. The van der Waals surface area contributed by atoms with Crippen LogP contribution < -0.4 is 20.1 Å². The van der Waals surface area contributed by atoms with Crippen LogP contribution >= 0.6 is 12.2 Å². The molecule has 0 radical (unpaired) electrons. The molecule has 0 heterocycles. The monoisotopic (exact) mass is 463 g/mol. The van der Waals surface area contributed by atoms with E-state index in [9.17, 15) is 9.59 Å². The van der Waals surface area contributed by atoms with Gasteiger partial charge >= 0.3 is 0 Å². The molecule has 0 aliphatic heterocycles. The van der Waals surface area contributed by atoms with Gasteiger partial charge in [-0.25, -0.2) is 0 Å². The largest absolute Gasteiger partial charge is 0.490 e. The number of nitrogens with zero attached hydrogens (tertiary/aromatic N) is 1. The number of para-hydroxylation sites is 2. The van der Waals surface area contributed by atoms with Crippen molar-refractivity contribution in [2.24, 2.45) is 0 Å². The fourth-order valence-corrected chi connectivity index (χ4v) is 3.11. The number of thiocarbonyl (C=S) groups is 1. The van der Waals surface area contributed by atoms with Crippen LogP contribution in [0, 0.1) is 0 Å². The van der Waals surface area contributed by atoms with Crippen LogP contribution in [0.25, 0.3) is 0 Å². The number of amides is 2. The number of benzene rings is 3. The van der Waals surface area contributed by atoms with Gasteiger partial charge in [0, 0.05) is 25.3 Å². The molecule has 7 nitrogen and oxygen atoms in total. The Morgan fingerprint density at radius 2 is 1.48 bits per heavy atom. The molecule has 0 atom stereocenters. The molecule has 0 bridgehead atoms. The molecule has 0 fully saturated rings. The van der Waals surface area contributed by atoms with Crippen LogP contribution in [0.1, 0.15) is 20.7 Å². The van der Waals surface area contributed by atoms with Gasteiger partial charge in [-0.05, 0) is 60.7 Å². The summed E-state index contributed by atoms with van der Waals surface area (Å²) in [6, 6.07) is 23.2. The Labute approximate surface area is 198 Å². The summed E-state index contributed by atoms with van der Waals surface area (Å²) in [6.45, 7) is 0.617. The van der Waals surface area contributed by atoms with Crippen molar-refractivity contribution in [3.63, 3.8) is 0 Å². The third-order valence-corrected chi connectivity index (χ3v) is 4.71. The van der Waals surface area contributed by atoms with Crippen LogP contribution in [0.2, 0.25) is 0 Å². The first-order valence-corrected chi connectivity index (χ1v) is 10.7. The van der Waals surface area contributed by atoms with Gasteiger partial charge in [-0.3, -0.25) is 14.9 Å². The zero-order valence-electron chi connectivity index (χ0n) is 18.4. The molecule has 170 valence electrons. The molecule has 3 rings (SSSR count). The summed E-state index contributed by atoms with van der Waals surface area (Å²) in [5.74, 6) is 0.693. The minimum atomic E-state index is -0.397. The number of carbonyl (C=O) groups excluding carboxylic acids is 2. The highest BCUT2D eigenvalue weighted by molar-refractivity contribution is 7.80. The van der Waals surface area contributed by atoms with Crippen molar-refractivity contribution >= 4 is 34.8 Å². The van der Waals surface area contributed by atoms with E-state index < -0.39 is 5.91 Å². The number of rotatable bonds is 8. The van der Waals surface area contributed by atoms with Crippen molar-refractivity contribution in [2.45, 2.75) is 0 Å². The Morgan fingerprint density at radius 3 is 2.18 bits per heavy atom. The summed E-state index contributed by atoms with van der Waals surface area (Å²) >= 11 is 5.26. The topological polar surface area (TPSA) is 79.9 Å². The SMILES string of the molecule is CN(C)C(=O)c1ccc(NC(=S)NC(=O)c2ccccc2OCCOc2ccccc2)cc1. The number of hydrogen-bond donors (Lipinski definition) is 2. The summed E-state index contributed by atoms with van der Waals surface area (Å²) < 4.78 is 11.4. The van der Waals surface area contributed by atoms with Gasteiger partial charge in [-0.1, -0.05) is 30.3 Å². The molecule has 8 heteroatoms. The third-order valence-electron chi connectivity index (χ3n) is 4.51. The number of nitrogens with one attached hydrogen (secondary N) is 2. The number of hydrogen-bond acceptors (Lipinski definition) is 5. The molecule has 0 aliphatic rings. The summed E-state index contributed by atoms with van der Waals surface area (Å²) in [5.41, 5.74) is 1.56. The highest BCUT2D eigenvalue weighted by atomic mass is 32.1. The second kappa shape index (κ2) is 11.6. The lowest BCUT2D eigenvalue weighted by Gasteiger charge is -2.14. The summed E-state index contributed by atoms with van der Waals surface area (Å²) in [4.78, 5) is 26.2. The minimum Gasteiger partial charge on any atom is -0.490 e. The molecule has 0 saturated heterocycles. The molecule has 0 spiro atoms. The fraction of sp³-hybridized carbons (Fsp3) is 0.160. The fourth-order valence-electron chi connectivity index (χ4n) is 2.90. The van der Waals surface area contributed by atoms with E-state index in [-0.39, 0.29) is 17.6 Å². The molecule has 2 amide bonds. The lowest BCUT2D eigenvalue weighted by Crippen LogP contribution is -2.34. The average Bonchev–Trinajstić information content (AvgIpc) is 2.82. The third kappa shape index (κ3) is 7.05. The van der Waals surface area contributed by atoms with Gasteiger partial charge in [0.15, 0.2) is 5.11 Å². The Balaban J connectivity index is 1.53. The van der Waals surface area contributed by atoms with E-state index in [0.29, 0.717) is 29.2 Å². The standard InChI is InChI=1S/C25H25N3O4S/c1-28(2)24(30)18-12-14-19(15-13-18)26-25(33)27-23(29)21-10-6-7-11-22(21)32-17-16-31-20-8-4-3-5-9-20/h3-15H,16-17H2,1-2H3,(H2,26,27,29,33). The van der Waals surface area contributed by atoms with Crippen LogP contribution in [-0.4, -0.2) is 49.1 Å². The number of anilines is 1. The maximum Gasteiger partial charge on any atom is 0.261 e. The van der Waals surface area contributed by atoms with E-state index >= 15 is 0 Å². The predicted molar refractivity (Wildman–Crippen MR) is 132 cm³/mol. The van der Waals surface area contributed by atoms with E-state index in [1.165, 1.54) is 4.90 Å². The van der Waals surface area contributed by atoms with Gasteiger partial charge in [0.1, 0.15) is 24.7 Å². The minimum absolute atomic E-state index is 0.0943. The summed E-state index contributed by atoms with van der Waals surface area (Å²) in [6.07, 6.45) is 0. The number of carbonyl (C=O) groups is 2. The van der Waals surface area contributed by atoms with Crippen molar-refractivity contribution in [2.75, 3.05) is 32.6 Å². The molecular weight excluding hydrogens is 438 g/mol. The highest BCUT2D eigenvalue weighted by Gasteiger charge is 2.14. The van der Waals surface area contributed by atoms with E-state index in [2.05, 4.69) is 10.6 Å². The second-order valence-corrected chi connectivity index (χ2v) is 7.60. The van der Waals surface area contributed by atoms with Crippen molar-refractivity contribution in [1.29, 1.82) is 0 Å². The molecule has 0 aliphatic carbocycles. The normalized spacial score (nSPS) is 10.1. The van der Waals surface area contributed by atoms with E-state index in [1.807, 2.05) is 30.3 Å². The van der Waals surface area contributed by atoms with Crippen molar-refractivity contribution in [3.05, 3.63) is 90.0 Å². The van der Waals surface area contributed by atoms with E-state index in [4.69, 9.17) is 21.7 Å². The van der Waals surface area contributed by atoms with Crippen molar-refractivity contribution in [3.8, 4) is 11.5 Å². The predicted octanol–water partition coefficient (Wildman–Crippen LogP) is 3.97. The zero-order valence-corrected chi connectivity index (χ0v) is 19.2. The smallest absolute Gasteiger partial charge is 0.261 e. The molecule has 3 aromatic rings. The molecule has 0 unspecified atom stereocenters. The Kier molecular flexibility index (Phi) is 8.37. The Hall–Kier alpha value is -3.91.